The first-order valence-corrected chi connectivity index (χ1v) is 14.4. The van der Waals surface area contributed by atoms with Crippen molar-refractivity contribution in [2.24, 2.45) is 5.73 Å². The Morgan fingerprint density at radius 3 is 2.50 bits per heavy atom. The van der Waals surface area contributed by atoms with Gasteiger partial charge in [-0.2, -0.15) is 0 Å². The standard InChI is InChI=1S/C27H29ClN4O3S/c1-36(34,35)22-7-2-4-18(14-22)24-23-10-13-32(26(33)25(23)31-17-30-24)21-8-11-27(16-29,12-9-21)19-5-3-6-20(28)15-19/h2-7,14-15,17,21H,8-13,16,29H2,1H3/t21-,27-. The second-order valence-electron chi connectivity index (χ2n) is 9.82. The predicted octanol–water partition coefficient (Wildman–Crippen LogP) is 4.04. The second-order valence-corrected chi connectivity index (χ2v) is 12.3. The van der Waals surface area contributed by atoms with E-state index in [1.54, 1.807) is 18.2 Å². The number of hydrogen-bond acceptors (Lipinski definition) is 6. The summed E-state index contributed by atoms with van der Waals surface area (Å²) in [5.41, 5.74) is 9.77. The van der Waals surface area contributed by atoms with Crippen molar-refractivity contribution in [3.8, 4) is 11.3 Å². The van der Waals surface area contributed by atoms with E-state index >= 15 is 0 Å². The van der Waals surface area contributed by atoms with E-state index in [9.17, 15) is 13.2 Å². The van der Waals surface area contributed by atoms with Crippen LogP contribution >= 0.6 is 11.6 Å². The lowest BCUT2D eigenvalue weighted by Gasteiger charge is -2.44. The predicted molar refractivity (Wildman–Crippen MR) is 140 cm³/mol. The molecule has 2 heterocycles. The van der Waals surface area contributed by atoms with Gasteiger partial charge in [0.1, 0.15) is 12.0 Å². The lowest BCUT2D eigenvalue weighted by Crippen LogP contribution is -2.50. The van der Waals surface area contributed by atoms with Crippen LogP contribution in [0.15, 0.2) is 59.8 Å². The fourth-order valence-electron chi connectivity index (χ4n) is 5.67. The Morgan fingerprint density at radius 2 is 1.81 bits per heavy atom. The minimum absolute atomic E-state index is 0.0906. The first-order chi connectivity index (χ1) is 17.2. The average Bonchev–Trinajstić information content (AvgIpc) is 2.88. The number of aromatic nitrogens is 2. The number of halogens is 1. The Morgan fingerprint density at radius 1 is 1.08 bits per heavy atom. The Bertz CT molecular complexity index is 1420. The van der Waals surface area contributed by atoms with Crippen LogP contribution in [0.3, 0.4) is 0 Å². The molecule has 9 heteroatoms. The smallest absolute Gasteiger partial charge is 0.273 e. The van der Waals surface area contributed by atoms with E-state index in [4.69, 9.17) is 17.3 Å². The van der Waals surface area contributed by atoms with Gasteiger partial charge < -0.3 is 10.6 Å². The van der Waals surface area contributed by atoms with Crippen LogP contribution in [0.2, 0.25) is 5.02 Å². The van der Waals surface area contributed by atoms with Crippen molar-refractivity contribution < 1.29 is 13.2 Å². The van der Waals surface area contributed by atoms with Gasteiger partial charge in [-0.25, -0.2) is 18.4 Å². The van der Waals surface area contributed by atoms with Gasteiger partial charge in [-0.05, 0) is 61.9 Å². The zero-order valence-corrected chi connectivity index (χ0v) is 21.7. The van der Waals surface area contributed by atoms with Gasteiger partial charge in [-0.15, -0.1) is 0 Å². The molecule has 3 aromatic rings. The third-order valence-corrected chi connectivity index (χ3v) is 9.07. The third-order valence-electron chi connectivity index (χ3n) is 7.73. The van der Waals surface area contributed by atoms with E-state index in [1.807, 2.05) is 29.2 Å². The Hall–Kier alpha value is -2.81. The molecule has 1 fully saturated rings. The molecule has 7 nitrogen and oxygen atoms in total. The van der Waals surface area contributed by atoms with Crippen molar-refractivity contribution in [3.05, 3.63) is 76.7 Å². The quantitative estimate of drug-likeness (QED) is 0.540. The van der Waals surface area contributed by atoms with E-state index < -0.39 is 9.84 Å². The van der Waals surface area contributed by atoms with Crippen LogP contribution in [0.25, 0.3) is 11.3 Å². The van der Waals surface area contributed by atoms with Crippen molar-refractivity contribution >= 4 is 27.3 Å². The van der Waals surface area contributed by atoms with Gasteiger partial charge in [0.15, 0.2) is 9.84 Å². The van der Waals surface area contributed by atoms with Crippen molar-refractivity contribution in [3.63, 3.8) is 0 Å². The van der Waals surface area contributed by atoms with Crippen molar-refractivity contribution in [2.75, 3.05) is 19.3 Å². The van der Waals surface area contributed by atoms with Crippen LogP contribution in [-0.2, 0) is 21.7 Å². The molecule has 0 saturated heterocycles. The fraction of sp³-hybridized carbons (Fsp3) is 0.370. The van der Waals surface area contributed by atoms with E-state index in [1.165, 1.54) is 18.1 Å². The van der Waals surface area contributed by atoms with E-state index in [0.717, 1.165) is 31.2 Å². The maximum absolute atomic E-state index is 13.6. The highest BCUT2D eigenvalue weighted by Gasteiger charge is 2.40. The summed E-state index contributed by atoms with van der Waals surface area (Å²) in [5.74, 6) is -0.0906. The maximum atomic E-state index is 13.6. The van der Waals surface area contributed by atoms with Crippen LogP contribution in [0, 0.1) is 0 Å². The summed E-state index contributed by atoms with van der Waals surface area (Å²) in [7, 11) is -3.36. The highest BCUT2D eigenvalue weighted by molar-refractivity contribution is 7.90. The zero-order chi connectivity index (χ0) is 25.5. The lowest BCUT2D eigenvalue weighted by atomic mass is 9.68. The summed E-state index contributed by atoms with van der Waals surface area (Å²) in [6.45, 7) is 1.12. The number of hydrogen-bond donors (Lipinski definition) is 1. The average molecular weight is 525 g/mol. The summed E-state index contributed by atoms with van der Waals surface area (Å²) in [5, 5.41) is 0.711. The number of rotatable bonds is 5. The van der Waals surface area contributed by atoms with Gasteiger partial charge in [0.25, 0.3) is 5.91 Å². The van der Waals surface area contributed by atoms with Crippen molar-refractivity contribution in [1.82, 2.24) is 14.9 Å². The molecule has 0 spiro atoms. The normalized spacial score (nSPS) is 22.4. The van der Waals surface area contributed by atoms with Crippen molar-refractivity contribution in [2.45, 2.75) is 48.5 Å². The van der Waals surface area contributed by atoms with Crippen LogP contribution in [-0.4, -0.2) is 54.6 Å². The Balaban J connectivity index is 1.38. The fourth-order valence-corrected chi connectivity index (χ4v) is 6.53. The van der Waals surface area contributed by atoms with Gasteiger partial charge in [0.2, 0.25) is 0 Å². The summed E-state index contributed by atoms with van der Waals surface area (Å²) in [6, 6.07) is 14.8. The maximum Gasteiger partial charge on any atom is 0.273 e. The minimum Gasteiger partial charge on any atom is -0.334 e. The molecular formula is C27H29ClN4O3S. The second kappa shape index (κ2) is 9.57. The highest BCUT2D eigenvalue weighted by atomic mass is 35.5. The summed E-state index contributed by atoms with van der Waals surface area (Å²) < 4.78 is 24.1. The van der Waals surface area contributed by atoms with Gasteiger partial charge in [0, 0.05) is 47.0 Å². The molecule has 1 saturated carbocycles. The van der Waals surface area contributed by atoms with Crippen LogP contribution in [0.5, 0.6) is 0 Å². The topological polar surface area (TPSA) is 106 Å². The largest absolute Gasteiger partial charge is 0.334 e. The molecule has 0 radical (unpaired) electrons. The van der Waals surface area contributed by atoms with E-state index in [2.05, 4.69) is 16.0 Å². The SMILES string of the molecule is CS(=O)(=O)c1cccc(-c2ncnc3c2CCN([C@H]2CC[C@](CN)(c4cccc(Cl)c4)CC2)C3=O)c1. The number of carbonyl (C=O) groups is 1. The van der Waals surface area contributed by atoms with Gasteiger partial charge in [-0.1, -0.05) is 35.9 Å². The molecule has 0 unspecified atom stereocenters. The van der Waals surface area contributed by atoms with Gasteiger partial charge in [-0.3, -0.25) is 4.79 Å². The van der Waals surface area contributed by atoms with Crippen LogP contribution < -0.4 is 5.73 Å². The lowest BCUT2D eigenvalue weighted by molar-refractivity contribution is 0.0568. The van der Waals surface area contributed by atoms with Crippen molar-refractivity contribution in [1.29, 1.82) is 0 Å². The molecule has 2 N–H and O–H groups in total. The Kier molecular flexibility index (Phi) is 6.61. The molecule has 2 aromatic carbocycles. The molecule has 1 aliphatic heterocycles. The highest BCUT2D eigenvalue weighted by Crippen LogP contribution is 2.42. The first-order valence-electron chi connectivity index (χ1n) is 12.1. The number of fused-ring (bicyclic) bond motifs is 1. The van der Waals surface area contributed by atoms with E-state index in [0.29, 0.717) is 41.5 Å². The molecule has 0 bridgehead atoms. The molecule has 36 heavy (non-hydrogen) atoms. The molecule has 1 amide bonds. The summed E-state index contributed by atoms with van der Waals surface area (Å²) in [4.78, 5) is 24.5. The molecule has 0 atom stereocenters. The number of carbonyl (C=O) groups excluding carboxylic acids is 1. The van der Waals surface area contributed by atoms with Gasteiger partial charge >= 0.3 is 0 Å². The molecule has 1 aromatic heterocycles. The minimum atomic E-state index is -3.36. The van der Waals surface area contributed by atoms with Gasteiger partial charge in [0.05, 0.1) is 10.6 Å². The monoisotopic (exact) mass is 524 g/mol. The number of nitrogens with two attached hydrogens (primary N) is 1. The van der Waals surface area contributed by atoms with Crippen LogP contribution in [0.1, 0.15) is 47.3 Å². The first kappa shape index (κ1) is 24.9. The molecule has 188 valence electrons. The molecule has 5 rings (SSSR count). The molecule has 2 aliphatic rings. The van der Waals surface area contributed by atoms with Crippen LogP contribution in [0.4, 0.5) is 0 Å². The number of benzene rings is 2. The zero-order valence-electron chi connectivity index (χ0n) is 20.2. The summed E-state index contributed by atoms with van der Waals surface area (Å²) in [6.07, 6.45) is 6.68. The molecular weight excluding hydrogens is 496 g/mol. The molecule has 1 aliphatic carbocycles. The number of amides is 1. The Labute approximate surface area is 216 Å². The summed E-state index contributed by atoms with van der Waals surface area (Å²) >= 11 is 6.25. The number of sulfone groups is 1. The number of nitrogens with zero attached hydrogens (tertiary/aromatic N) is 3. The third kappa shape index (κ3) is 4.53. The van der Waals surface area contributed by atoms with E-state index in [-0.39, 0.29) is 22.3 Å².